The van der Waals surface area contributed by atoms with Gasteiger partial charge in [-0.15, -0.1) is 11.3 Å². The Hall–Kier alpha value is -1.20. The highest BCUT2D eigenvalue weighted by Crippen LogP contribution is 2.29. The van der Waals surface area contributed by atoms with Crippen molar-refractivity contribution >= 4 is 27.4 Å². The minimum Gasteiger partial charge on any atom is -0.353 e. The van der Waals surface area contributed by atoms with E-state index in [-0.39, 0.29) is 0 Å². The number of hydrogen-bond donors (Lipinski definition) is 0. The third-order valence-corrected chi connectivity index (χ3v) is 4.19. The lowest BCUT2D eigenvalue weighted by Crippen LogP contribution is -2.44. The summed E-state index contributed by atoms with van der Waals surface area (Å²) in [6.45, 7) is 6.44. The molecule has 2 aromatic rings. The predicted octanol–water partition coefficient (Wildman–Crippen LogP) is 1.75. The third-order valence-electron chi connectivity index (χ3n) is 3.23. The molecule has 0 N–H and O–H groups in total. The number of nitrogens with zero attached hydrogens (tertiary/aromatic N) is 4. The molecule has 4 nitrogen and oxygen atoms in total. The summed E-state index contributed by atoms with van der Waals surface area (Å²) in [7, 11) is 2.17. The summed E-state index contributed by atoms with van der Waals surface area (Å²) in [6.07, 6.45) is 1.69. The van der Waals surface area contributed by atoms with Crippen molar-refractivity contribution in [3.05, 3.63) is 17.3 Å². The molecule has 2 aromatic heterocycles. The smallest absolute Gasteiger partial charge is 0.140 e. The molecule has 0 atom stereocenters. The van der Waals surface area contributed by atoms with Crippen LogP contribution in [-0.4, -0.2) is 48.1 Å². The average Bonchev–Trinajstić information content (AvgIpc) is 2.70. The first kappa shape index (κ1) is 10.9. The van der Waals surface area contributed by atoms with E-state index in [0.717, 1.165) is 36.8 Å². The molecule has 0 amide bonds. The Balaban J connectivity index is 1.99. The largest absolute Gasteiger partial charge is 0.353 e. The topological polar surface area (TPSA) is 32.3 Å². The maximum atomic E-state index is 4.47. The minimum absolute atomic E-state index is 1.05. The van der Waals surface area contributed by atoms with Crippen LogP contribution in [0.2, 0.25) is 0 Å². The van der Waals surface area contributed by atoms with Crippen LogP contribution in [0.15, 0.2) is 12.4 Å². The first-order valence-corrected chi connectivity index (χ1v) is 6.70. The van der Waals surface area contributed by atoms with Gasteiger partial charge < -0.3 is 9.80 Å². The molecule has 17 heavy (non-hydrogen) atoms. The fourth-order valence-electron chi connectivity index (χ4n) is 2.23. The molecule has 90 valence electrons. The molecule has 1 aliphatic rings. The molecule has 0 aromatic carbocycles. The molecule has 0 spiro atoms. The zero-order valence-electron chi connectivity index (χ0n) is 10.2. The molecule has 5 heteroatoms. The van der Waals surface area contributed by atoms with Crippen molar-refractivity contribution in [1.29, 1.82) is 0 Å². The van der Waals surface area contributed by atoms with Crippen LogP contribution in [-0.2, 0) is 0 Å². The maximum absolute atomic E-state index is 4.47. The molecule has 0 saturated carbocycles. The fourth-order valence-corrected chi connectivity index (χ4v) is 3.08. The van der Waals surface area contributed by atoms with Crippen LogP contribution in [0.5, 0.6) is 0 Å². The van der Waals surface area contributed by atoms with Crippen molar-refractivity contribution < 1.29 is 0 Å². The van der Waals surface area contributed by atoms with E-state index >= 15 is 0 Å². The number of aryl methyl sites for hydroxylation is 1. The van der Waals surface area contributed by atoms with Gasteiger partial charge in [0.25, 0.3) is 0 Å². The number of likely N-dealkylation sites (N-methyl/N-ethyl adjacent to an activating group) is 1. The molecular formula is C12H16N4S. The molecule has 3 rings (SSSR count). The first-order chi connectivity index (χ1) is 8.24. The van der Waals surface area contributed by atoms with Gasteiger partial charge >= 0.3 is 0 Å². The lowest BCUT2D eigenvalue weighted by atomic mass is 10.3. The number of hydrogen-bond acceptors (Lipinski definition) is 5. The Bertz CT molecular complexity index is 528. The molecule has 1 fully saturated rings. The van der Waals surface area contributed by atoms with Crippen molar-refractivity contribution in [2.45, 2.75) is 6.92 Å². The van der Waals surface area contributed by atoms with Gasteiger partial charge in [-0.3, -0.25) is 0 Å². The van der Waals surface area contributed by atoms with E-state index in [1.54, 1.807) is 17.7 Å². The van der Waals surface area contributed by atoms with Crippen molar-refractivity contribution in [3.63, 3.8) is 0 Å². The highest BCUT2D eigenvalue weighted by atomic mass is 32.1. The van der Waals surface area contributed by atoms with Gasteiger partial charge in [-0.25, -0.2) is 9.97 Å². The lowest BCUT2D eigenvalue weighted by Gasteiger charge is -2.33. The van der Waals surface area contributed by atoms with Gasteiger partial charge in [0.1, 0.15) is 17.0 Å². The maximum Gasteiger partial charge on any atom is 0.140 e. The van der Waals surface area contributed by atoms with E-state index in [1.165, 1.54) is 10.3 Å². The SMILES string of the molecule is Cc1cc2c(N3CCN(C)CC3)ncnc2s1. The predicted molar refractivity (Wildman–Crippen MR) is 71.9 cm³/mol. The summed E-state index contributed by atoms with van der Waals surface area (Å²) in [4.78, 5) is 15.9. The average molecular weight is 248 g/mol. The van der Waals surface area contributed by atoms with Crippen molar-refractivity contribution in [2.24, 2.45) is 0 Å². The molecule has 1 saturated heterocycles. The van der Waals surface area contributed by atoms with E-state index in [2.05, 4.69) is 39.8 Å². The Kier molecular flexibility index (Phi) is 2.72. The summed E-state index contributed by atoms with van der Waals surface area (Å²) in [5.74, 6) is 1.10. The minimum atomic E-state index is 1.05. The van der Waals surface area contributed by atoms with E-state index in [9.17, 15) is 0 Å². The highest BCUT2D eigenvalue weighted by Gasteiger charge is 2.18. The summed E-state index contributed by atoms with van der Waals surface area (Å²) in [5, 5.41) is 1.21. The van der Waals surface area contributed by atoms with Gasteiger partial charge in [-0.2, -0.15) is 0 Å². The number of rotatable bonds is 1. The molecule has 0 aliphatic carbocycles. The van der Waals surface area contributed by atoms with Gasteiger partial charge in [0, 0.05) is 31.1 Å². The Morgan fingerprint density at radius 2 is 1.94 bits per heavy atom. The van der Waals surface area contributed by atoms with E-state index in [4.69, 9.17) is 0 Å². The fraction of sp³-hybridized carbons (Fsp3) is 0.500. The second-order valence-electron chi connectivity index (χ2n) is 4.56. The molecule has 0 radical (unpaired) electrons. The summed E-state index contributed by atoms with van der Waals surface area (Å²) < 4.78 is 0. The van der Waals surface area contributed by atoms with Crippen molar-refractivity contribution in [3.8, 4) is 0 Å². The van der Waals surface area contributed by atoms with Crippen LogP contribution in [0.3, 0.4) is 0 Å². The van der Waals surface area contributed by atoms with Gasteiger partial charge in [0.2, 0.25) is 0 Å². The zero-order valence-corrected chi connectivity index (χ0v) is 11.0. The molecule has 3 heterocycles. The molecular weight excluding hydrogens is 232 g/mol. The first-order valence-electron chi connectivity index (χ1n) is 5.88. The normalized spacial score (nSPS) is 17.9. The van der Waals surface area contributed by atoms with E-state index in [1.807, 2.05) is 0 Å². The Morgan fingerprint density at radius 1 is 1.18 bits per heavy atom. The molecule has 1 aliphatic heterocycles. The number of anilines is 1. The number of aromatic nitrogens is 2. The van der Waals surface area contributed by atoms with Crippen LogP contribution in [0.4, 0.5) is 5.82 Å². The number of fused-ring (bicyclic) bond motifs is 1. The highest BCUT2D eigenvalue weighted by molar-refractivity contribution is 7.18. The Labute approximate surface area is 105 Å². The molecule has 0 bridgehead atoms. The zero-order chi connectivity index (χ0) is 11.8. The van der Waals surface area contributed by atoms with Crippen LogP contribution in [0, 0.1) is 6.92 Å². The number of thiophene rings is 1. The van der Waals surface area contributed by atoms with Crippen LogP contribution < -0.4 is 4.90 Å². The van der Waals surface area contributed by atoms with E-state index in [0.29, 0.717) is 0 Å². The number of piperazine rings is 1. The second-order valence-corrected chi connectivity index (χ2v) is 5.80. The van der Waals surface area contributed by atoms with Crippen LogP contribution in [0.1, 0.15) is 4.88 Å². The lowest BCUT2D eigenvalue weighted by molar-refractivity contribution is 0.312. The van der Waals surface area contributed by atoms with Gasteiger partial charge in [-0.1, -0.05) is 0 Å². The quantitative estimate of drug-likeness (QED) is 0.769. The second kappa shape index (κ2) is 4.23. The summed E-state index contributed by atoms with van der Waals surface area (Å²) >= 11 is 1.74. The summed E-state index contributed by atoms with van der Waals surface area (Å²) in [6, 6.07) is 2.20. The van der Waals surface area contributed by atoms with Gasteiger partial charge in [-0.05, 0) is 20.0 Å². The Morgan fingerprint density at radius 3 is 2.71 bits per heavy atom. The monoisotopic (exact) mass is 248 g/mol. The van der Waals surface area contributed by atoms with Crippen LogP contribution >= 0.6 is 11.3 Å². The van der Waals surface area contributed by atoms with Gasteiger partial charge in [0.15, 0.2) is 0 Å². The van der Waals surface area contributed by atoms with Crippen molar-refractivity contribution in [1.82, 2.24) is 14.9 Å². The third kappa shape index (κ3) is 2.00. The van der Waals surface area contributed by atoms with E-state index < -0.39 is 0 Å². The van der Waals surface area contributed by atoms with Gasteiger partial charge in [0.05, 0.1) is 5.39 Å². The summed E-state index contributed by atoms with van der Waals surface area (Å²) in [5.41, 5.74) is 0. The van der Waals surface area contributed by atoms with Crippen molar-refractivity contribution in [2.75, 3.05) is 38.1 Å². The standard InChI is InChI=1S/C12H16N4S/c1-9-7-10-11(13-8-14-12(10)17-9)16-5-3-15(2)4-6-16/h7-8H,3-6H2,1-2H3. The van der Waals surface area contributed by atoms with Crippen LogP contribution in [0.25, 0.3) is 10.2 Å². The molecule has 0 unspecified atom stereocenters.